The number of carbonyl (C=O) groups excluding carboxylic acids is 1. The molecule has 1 fully saturated rings. The van der Waals surface area contributed by atoms with Crippen LogP contribution in [-0.4, -0.2) is 37.5 Å². The van der Waals surface area contributed by atoms with Gasteiger partial charge in [0, 0.05) is 29.6 Å². The molecular formula is C28H27N7O. The number of anilines is 1. The van der Waals surface area contributed by atoms with Gasteiger partial charge in [0.15, 0.2) is 0 Å². The third kappa shape index (κ3) is 4.93. The summed E-state index contributed by atoms with van der Waals surface area (Å²) in [4.78, 5) is 23.3. The zero-order valence-electron chi connectivity index (χ0n) is 19.9. The third-order valence-electron chi connectivity index (χ3n) is 6.36. The second-order valence-corrected chi connectivity index (χ2v) is 8.89. The molecule has 1 saturated carbocycles. The second-order valence-electron chi connectivity index (χ2n) is 8.89. The van der Waals surface area contributed by atoms with E-state index in [0.29, 0.717) is 17.2 Å². The molecule has 1 aliphatic rings. The minimum absolute atomic E-state index is 0.171. The van der Waals surface area contributed by atoms with Crippen molar-refractivity contribution in [1.29, 1.82) is 10.8 Å². The minimum Gasteiger partial charge on any atom is -0.321 e. The number of imidazole rings is 1. The number of amidine groups is 1. The van der Waals surface area contributed by atoms with Gasteiger partial charge in [-0.25, -0.2) is 4.98 Å². The number of aromatic nitrogens is 3. The van der Waals surface area contributed by atoms with Gasteiger partial charge in [-0.15, -0.1) is 0 Å². The molecule has 1 unspecified atom stereocenters. The quantitative estimate of drug-likeness (QED) is 0.233. The Labute approximate surface area is 209 Å². The molecule has 3 N–H and O–H groups in total. The van der Waals surface area contributed by atoms with E-state index in [1.807, 2.05) is 54.1 Å². The zero-order chi connectivity index (χ0) is 25.1. The van der Waals surface area contributed by atoms with E-state index in [2.05, 4.69) is 15.3 Å². The smallest absolute Gasteiger partial charge is 0.274 e. The maximum absolute atomic E-state index is 13.0. The van der Waals surface area contributed by atoms with Crippen molar-refractivity contribution in [3.05, 3.63) is 108 Å². The Balaban J connectivity index is 1.31. The van der Waals surface area contributed by atoms with Gasteiger partial charge in [0.1, 0.15) is 11.5 Å². The van der Waals surface area contributed by atoms with Gasteiger partial charge in [-0.1, -0.05) is 42.5 Å². The van der Waals surface area contributed by atoms with Crippen LogP contribution in [0.4, 0.5) is 5.69 Å². The van der Waals surface area contributed by atoms with Crippen molar-refractivity contribution in [2.45, 2.75) is 31.7 Å². The van der Waals surface area contributed by atoms with Gasteiger partial charge in [-0.05, 0) is 49.6 Å². The molecule has 1 atom stereocenters. The Bertz CT molecular complexity index is 1410. The van der Waals surface area contributed by atoms with E-state index in [4.69, 9.17) is 10.8 Å². The molecule has 8 heteroatoms. The average molecular weight is 478 g/mol. The lowest BCUT2D eigenvalue weighted by molar-refractivity contribution is 0.102. The number of rotatable bonds is 8. The Morgan fingerprint density at radius 2 is 1.92 bits per heavy atom. The van der Waals surface area contributed by atoms with Gasteiger partial charge in [0.05, 0.1) is 30.1 Å². The number of carbonyl (C=O) groups is 1. The van der Waals surface area contributed by atoms with Crippen LogP contribution in [0.1, 0.15) is 59.0 Å². The molecule has 1 amide bonds. The molecule has 2 aromatic carbocycles. The molecule has 180 valence electrons. The number of hydrogen-bond donors (Lipinski definition) is 3. The Kier molecular flexibility index (Phi) is 6.40. The van der Waals surface area contributed by atoms with E-state index < -0.39 is 0 Å². The number of nitrogens with one attached hydrogen (secondary N) is 3. The van der Waals surface area contributed by atoms with Crippen molar-refractivity contribution in [1.82, 2.24) is 19.4 Å². The van der Waals surface area contributed by atoms with Crippen molar-refractivity contribution in [2.24, 2.45) is 0 Å². The molecule has 5 rings (SSSR count). The summed E-state index contributed by atoms with van der Waals surface area (Å²) in [6.07, 6.45) is 8.91. The van der Waals surface area contributed by atoms with Crippen LogP contribution >= 0.6 is 0 Å². The highest BCUT2D eigenvalue weighted by Crippen LogP contribution is 2.39. The van der Waals surface area contributed by atoms with Crippen LogP contribution in [-0.2, 0) is 0 Å². The number of benzene rings is 2. The number of hydrogen-bond acceptors (Lipinski definition) is 5. The summed E-state index contributed by atoms with van der Waals surface area (Å²) < 4.78 is 1.91. The largest absolute Gasteiger partial charge is 0.321 e. The highest BCUT2D eigenvalue weighted by molar-refractivity contribution is 6.06. The predicted molar refractivity (Wildman–Crippen MR) is 140 cm³/mol. The van der Waals surface area contributed by atoms with Gasteiger partial charge in [-0.2, -0.15) is 0 Å². The first-order valence-electron chi connectivity index (χ1n) is 11.9. The number of amides is 1. The zero-order valence-corrected chi connectivity index (χ0v) is 19.9. The molecule has 2 heterocycles. The first-order chi connectivity index (χ1) is 17.5. The standard InChI is InChI=1S/C28H27N7O/c1-19(20-6-3-2-4-7-20)35(17-29)27(30)22-8-5-9-23(14-22)33-28(36)25-15-24(12-13-31-25)34-16-26(32-18-34)21-10-11-21/h2-9,12-19,21,29-30H,10-11H2,1H3,(H,33,36). The van der Waals surface area contributed by atoms with Crippen molar-refractivity contribution in [3.63, 3.8) is 0 Å². The van der Waals surface area contributed by atoms with E-state index in [1.165, 1.54) is 12.8 Å². The van der Waals surface area contributed by atoms with Crippen molar-refractivity contribution in [3.8, 4) is 5.69 Å². The van der Waals surface area contributed by atoms with Crippen LogP contribution in [0.15, 0.2) is 85.5 Å². The first-order valence-corrected chi connectivity index (χ1v) is 11.9. The SMILES string of the molecule is CC(c1ccccc1)N(C=N)C(=N)c1cccc(NC(=O)c2cc(-n3cnc(C4CC4)c3)ccn2)c1. The maximum Gasteiger partial charge on any atom is 0.274 e. The van der Waals surface area contributed by atoms with Gasteiger partial charge >= 0.3 is 0 Å². The molecule has 0 radical (unpaired) electrons. The van der Waals surface area contributed by atoms with E-state index >= 15 is 0 Å². The summed E-state index contributed by atoms with van der Waals surface area (Å²) in [7, 11) is 0. The van der Waals surface area contributed by atoms with Gasteiger partial charge in [0.2, 0.25) is 0 Å². The normalized spacial score (nSPS) is 13.6. The van der Waals surface area contributed by atoms with Crippen LogP contribution in [0.2, 0.25) is 0 Å². The molecule has 0 aliphatic heterocycles. The molecule has 8 nitrogen and oxygen atoms in total. The molecule has 1 aliphatic carbocycles. The summed E-state index contributed by atoms with van der Waals surface area (Å²) in [6.45, 7) is 1.95. The molecular weight excluding hydrogens is 450 g/mol. The van der Waals surface area contributed by atoms with E-state index in [9.17, 15) is 4.79 Å². The Morgan fingerprint density at radius 1 is 1.11 bits per heavy atom. The highest BCUT2D eigenvalue weighted by atomic mass is 16.1. The van der Waals surface area contributed by atoms with E-state index in [-0.39, 0.29) is 23.5 Å². The van der Waals surface area contributed by atoms with Crippen LogP contribution < -0.4 is 5.32 Å². The predicted octanol–water partition coefficient (Wildman–Crippen LogP) is 5.39. The molecule has 2 aromatic heterocycles. The van der Waals surface area contributed by atoms with E-state index in [0.717, 1.165) is 23.3 Å². The van der Waals surface area contributed by atoms with Gasteiger partial charge < -0.3 is 14.8 Å². The molecule has 0 bridgehead atoms. The second kappa shape index (κ2) is 9.95. The van der Waals surface area contributed by atoms with Crippen molar-refractivity contribution in [2.75, 3.05) is 5.32 Å². The fourth-order valence-corrected chi connectivity index (χ4v) is 4.12. The summed E-state index contributed by atoms with van der Waals surface area (Å²) >= 11 is 0. The van der Waals surface area contributed by atoms with E-state index in [1.54, 1.807) is 47.8 Å². The summed E-state index contributed by atoms with van der Waals surface area (Å²) in [5.74, 6) is 0.384. The lowest BCUT2D eigenvalue weighted by Gasteiger charge is -2.27. The Hall–Kier alpha value is -4.59. The fraction of sp³-hybridized carbons (Fsp3) is 0.179. The minimum atomic E-state index is -0.343. The van der Waals surface area contributed by atoms with Crippen LogP contribution in [0, 0.1) is 10.8 Å². The number of nitrogens with zero attached hydrogens (tertiary/aromatic N) is 4. The lowest BCUT2D eigenvalue weighted by atomic mass is 10.1. The van der Waals surface area contributed by atoms with Crippen LogP contribution in [0.25, 0.3) is 5.69 Å². The average Bonchev–Trinajstić information content (AvgIpc) is 3.65. The first kappa shape index (κ1) is 23.2. The molecule has 0 saturated heterocycles. The molecule has 36 heavy (non-hydrogen) atoms. The number of pyridine rings is 1. The van der Waals surface area contributed by atoms with Gasteiger partial charge in [-0.3, -0.25) is 20.6 Å². The fourth-order valence-electron chi connectivity index (χ4n) is 4.12. The van der Waals surface area contributed by atoms with Gasteiger partial charge in [0.25, 0.3) is 5.91 Å². The lowest BCUT2D eigenvalue weighted by Crippen LogP contribution is -2.32. The summed E-state index contributed by atoms with van der Waals surface area (Å²) in [5.41, 5.74) is 4.33. The topological polar surface area (TPSA) is 111 Å². The van der Waals surface area contributed by atoms with Crippen molar-refractivity contribution >= 4 is 23.8 Å². The van der Waals surface area contributed by atoms with Crippen LogP contribution in [0.3, 0.4) is 0 Å². The van der Waals surface area contributed by atoms with Crippen LogP contribution in [0.5, 0.6) is 0 Å². The van der Waals surface area contributed by atoms with Crippen molar-refractivity contribution < 1.29 is 4.79 Å². The monoisotopic (exact) mass is 477 g/mol. The highest BCUT2D eigenvalue weighted by Gasteiger charge is 2.26. The third-order valence-corrected chi connectivity index (χ3v) is 6.36. The maximum atomic E-state index is 13.0. The summed E-state index contributed by atoms with van der Waals surface area (Å²) in [5, 5.41) is 19.5. The molecule has 0 spiro atoms. The summed E-state index contributed by atoms with van der Waals surface area (Å²) in [6, 6.07) is 20.2. The molecule has 4 aromatic rings. The Morgan fingerprint density at radius 3 is 2.67 bits per heavy atom.